The van der Waals surface area contributed by atoms with E-state index in [2.05, 4.69) is 17.7 Å². The number of rotatable bonds is 6. The summed E-state index contributed by atoms with van der Waals surface area (Å²) in [5.41, 5.74) is 2.44. The van der Waals surface area contributed by atoms with Crippen LogP contribution in [0.25, 0.3) is 0 Å². The Morgan fingerprint density at radius 3 is 2.68 bits per heavy atom. The molecule has 0 radical (unpaired) electrons. The minimum absolute atomic E-state index is 0.435. The fourth-order valence-corrected chi connectivity index (χ4v) is 4.68. The predicted molar refractivity (Wildman–Crippen MR) is 103 cm³/mol. The third-order valence-corrected chi connectivity index (χ3v) is 6.25. The van der Waals surface area contributed by atoms with Gasteiger partial charge in [0, 0.05) is 4.88 Å². The van der Waals surface area contributed by atoms with Crippen molar-refractivity contribution < 1.29 is 23.9 Å². The molecule has 0 atom stereocenters. The van der Waals surface area contributed by atoms with Crippen LogP contribution >= 0.6 is 11.3 Å². The van der Waals surface area contributed by atoms with Crippen LogP contribution in [0.1, 0.15) is 65.6 Å². The first kappa shape index (κ1) is 20.3. The van der Waals surface area contributed by atoms with Crippen molar-refractivity contribution in [2.75, 3.05) is 6.61 Å². The molecule has 1 aliphatic heterocycles. The number of nitrogens with one attached hydrogen (secondary N) is 2. The lowest BCUT2D eigenvalue weighted by Crippen LogP contribution is -2.51. The Morgan fingerprint density at radius 2 is 2.00 bits per heavy atom. The summed E-state index contributed by atoms with van der Waals surface area (Å²) < 4.78 is 5.04. The predicted octanol–water partition coefficient (Wildman–Crippen LogP) is 2.45. The number of thiophene rings is 1. The first-order chi connectivity index (χ1) is 13.4. The zero-order chi connectivity index (χ0) is 20.3. The van der Waals surface area contributed by atoms with Crippen LogP contribution in [0.2, 0.25) is 0 Å². The van der Waals surface area contributed by atoms with Crippen LogP contribution < -0.4 is 10.7 Å². The van der Waals surface area contributed by atoms with Crippen molar-refractivity contribution in [2.24, 2.45) is 0 Å². The van der Waals surface area contributed by atoms with E-state index in [1.165, 1.54) is 11.3 Å². The maximum atomic E-state index is 12.6. The van der Waals surface area contributed by atoms with Gasteiger partial charge >= 0.3 is 12.0 Å². The van der Waals surface area contributed by atoms with E-state index in [0.717, 1.165) is 42.5 Å². The van der Waals surface area contributed by atoms with Crippen molar-refractivity contribution in [2.45, 2.75) is 64.3 Å². The first-order valence-electron chi connectivity index (χ1n) is 9.59. The van der Waals surface area contributed by atoms with Gasteiger partial charge in [0.15, 0.2) is 6.61 Å². The molecule has 1 saturated carbocycles. The number of hydrogen-bond donors (Lipinski definition) is 2. The minimum Gasteiger partial charge on any atom is -0.451 e. The van der Waals surface area contributed by atoms with E-state index in [9.17, 15) is 19.2 Å². The Labute approximate surface area is 167 Å². The number of carbonyl (C=O) groups excluding carboxylic acids is 4. The number of urea groups is 1. The van der Waals surface area contributed by atoms with E-state index in [0.29, 0.717) is 22.7 Å². The molecule has 8 nitrogen and oxygen atoms in total. The number of ether oxygens (including phenoxy) is 1. The molecule has 0 aromatic carbocycles. The van der Waals surface area contributed by atoms with Gasteiger partial charge in [-0.25, -0.2) is 9.59 Å². The van der Waals surface area contributed by atoms with E-state index in [-0.39, 0.29) is 0 Å². The third-order valence-electron chi connectivity index (χ3n) is 5.18. The van der Waals surface area contributed by atoms with Crippen LogP contribution in [0.5, 0.6) is 0 Å². The van der Waals surface area contributed by atoms with Crippen LogP contribution in [0, 0.1) is 6.92 Å². The summed E-state index contributed by atoms with van der Waals surface area (Å²) in [6, 6.07) is 1.14. The second-order valence-corrected chi connectivity index (χ2v) is 8.52. The quantitative estimate of drug-likeness (QED) is 0.557. The van der Waals surface area contributed by atoms with Crippen LogP contribution in [-0.4, -0.2) is 41.0 Å². The molecular formula is C19H25N3O5S. The molecule has 28 heavy (non-hydrogen) atoms. The number of nitrogens with zero attached hydrogens (tertiary/aromatic N) is 1. The molecule has 4 amide bonds. The Hall–Kier alpha value is -2.42. The fraction of sp³-hybridized carbons (Fsp3) is 0.579. The highest BCUT2D eigenvalue weighted by Gasteiger charge is 2.52. The summed E-state index contributed by atoms with van der Waals surface area (Å²) in [5.74, 6) is -1.77. The maximum Gasteiger partial charge on any atom is 0.348 e. The van der Waals surface area contributed by atoms with Crippen molar-refractivity contribution in [3.63, 3.8) is 0 Å². The van der Waals surface area contributed by atoms with Gasteiger partial charge in [0.1, 0.15) is 10.4 Å². The molecule has 2 N–H and O–H groups in total. The van der Waals surface area contributed by atoms with Gasteiger partial charge in [0.2, 0.25) is 0 Å². The number of aryl methyl sites for hydroxylation is 2. The Bertz CT molecular complexity index is 797. The normalized spacial score (nSPS) is 18.3. The number of carbonyl (C=O) groups is 4. The Balaban J connectivity index is 1.54. The topological polar surface area (TPSA) is 105 Å². The summed E-state index contributed by atoms with van der Waals surface area (Å²) in [4.78, 5) is 50.5. The summed E-state index contributed by atoms with van der Waals surface area (Å²) in [5, 5.41) is 3.41. The van der Waals surface area contributed by atoms with Crippen LogP contribution in [0.15, 0.2) is 6.07 Å². The average molecular weight is 407 g/mol. The molecule has 1 aliphatic carbocycles. The van der Waals surface area contributed by atoms with Gasteiger partial charge in [-0.3, -0.25) is 15.0 Å². The van der Waals surface area contributed by atoms with E-state index in [1.807, 2.05) is 6.92 Å². The van der Waals surface area contributed by atoms with Gasteiger partial charge in [-0.1, -0.05) is 32.6 Å². The number of hydrogen-bond acceptors (Lipinski definition) is 6. The highest BCUT2D eigenvalue weighted by molar-refractivity contribution is 7.14. The molecule has 1 spiro atoms. The molecule has 3 rings (SSSR count). The standard InChI is InChI=1S/C19H25N3O5S/c1-3-7-13-10-14(28-12(13)2)16(24)27-11-15(23)21-22-17(25)19(20-18(22)26)8-5-4-6-9-19/h10H,3-9,11H2,1-2H3,(H,20,26)(H,21,23). The monoisotopic (exact) mass is 407 g/mol. The molecule has 9 heteroatoms. The van der Waals surface area contributed by atoms with Crippen molar-refractivity contribution in [3.8, 4) is 0 Å². The fourth-order valence-electron chi connectivity index (χ4n) is 3.71. The molecular weight excluding hydrogens is 382 g/mol. The van der Waals surface area contributed by atoms with Crippen molar-refractivity contribution >= 4 is 35.2 Å². The van der Waals surface area contributed by atoms with E-state index in [1.54, 1.807) is 6.07 Å². The molecule has 1 aromatic rings. The van der Waals surface area contributed by atoms with Gasteiger partial charge < -0.3 is 10.1 Å². The second-order valence-electron chi connectivity index (χ2n) is 7.27. The molecule has 2 aliphatic rings. The molecule has 2 heterocycles. The minimum atomic E-state index is -0.913. The zero-order valence-electron chi connectivity index (χ0n) is 16.1. The van der Waals surface area contributed by atoms with Crippen molar-refractivity contribution in [1.29, 1.82) is 0 Å². The molecule has 152 valence electrons. The number of imide groups is 1. The van der Waals surface area contributed by atoms with Gasteiger partial charge in [-0.05, 0) is 37.8 Å². The molecule has 2 fully saturated rings. The lowest BCUT2D eigenvalue weighted by molar-refractivity contribution is -0.140. The number of hydrazine groups is 1. The number of esters is 1. The second kappa shape index (κ2) is 8.30. The Morgan fingerprint density at radius 1 is 1.29 bits per heavy atom. The van der Waals surface area contributed by atoms with E-state index >= 15 is 0 Å². The summed E-state index contributed by atoms with van der Waals surface area (Å²) in [7, 11) is 0. The molecule has 1 aromatic heterocycles. The molecule has 0 bridgehead atoms. The van der Waals surface area contributed by atoms with Gasteiger partial charge in [0.05, 0.1) is 0 Å². The SMILES string of the molecule is CCCc1cc(C(=O)OCC(=O)NN2C(=O)NC3(CCCCC3)C2=O)sc1C. The molecule has 1 saturated heterocycles. The van der Waals surface area contributed by atoms with E-state index in [4.69, 9.17) is 4.74 Å². The van der Waals surface area contributed by atoms with Crippen molar-refractivity contribution in [3.05, 3.63) is 21.4 Å². The lowest BCUT2D eigenvalue weighted by atomic mass is 9.82. The van der Waals surface area contributed by atoms with Gasteiger partial charge in [0.25, 0.3) is 11.8 Å². The average Bonchev–Trinajstić information content (AvgIpc) is 3.14. The van der Waals surface area contributed by atoms with Gasteiger partial charge in [-0.2, -0.15) is 5.01 Å². The lowest BCUT2D eigenvalue weighted by Gasteiger charge is -2.30. The summed E-state index contributed by atoms with van der Waals surface area (Å²) in [6.45, 7) is 3.44. The first-order valence-corrected chi connectivity index (χ1v) is 10.4. The van der Waals surface area contributed by atoms with Crippen LogP contribution in [0.3, 0.4) is 0 Å². The van der Waals surface area contributed by atoms with Crippen LogP contribution in [-0.2, 0) is 20.7 Å². The highest BCUT2D eigenvalue weighted by atomic mass is 32.1. The maximum absolute atomic E-state index is 12.6. The summed E-state index contributed by atoms with van der Waals surface area (Å²) >= 11 is 1.33. The highest BCUT2D eigenvalue weighted by Crippen LogP contribution is 2.33. The van der Waals surface area contributed by atoms with Crippen molar-refractivity contribution in [1.82, 2.24) is 15.8 Å². The molecule has 0 unspecified atom stereocenters. The van der Waals surface area contributed by atoms with E-state index < -0.39 is 36.0 Å². The Kier molecular flexibility index (Phi) is 6.02. The zero-order valence-corrected chi connectivity index (χ0v) is 16.9. The van der Waals surface area contributed by atoms with Crippen LogP contribution in [0.4, 0.5) is 4.79 Å². The third kappa shape index (κ3) is 4.04. The number of amides is 4. The smallest absolute Gasteiger partial charge is 0.348 e. The van der Waals surface area contributed by atoms with Gasteiger partial charge in [-0.15, -0.1) is 11.3 Å². The summed E-state index contributed by atoms with van der Waals surface area (Å²) in [6.07, 6.45) is 5.71. The largest absolute Gasteiger partial charge is 0.451 e.